The van der Waals surface area contributed by atoms with Crippen LogP contribution >= 0.6 is 11.6 Å². The summed E-state index contributed by atoms with van der Waals surface area (Å²) in [5, 5.41) is 3.34. The van der Waals surface area contributed by atoms with Gasteiger partial charge >= 0.3 is 0 Å². The number of nitrogens with one attached hydrogen (secondary N) is 1. The predicted molar refractivity (Wildman–Crippen MR) is 68.4 cm³/mol. The Balaban J connectivity index is 2.57. The van der Waals surface area contributed by atoms with Crippen molar-refractivity contribution in [2.24, 2.45) is 0 Å². The molecule has 0 aliphatic carbocycles. The molecule has 0 saturated heterocycles. The Kier molecular flexibility index (Phi) is 6.01. The van der Waals surface area contributed by atoms with Crippen LogP contribution in [-0.4, -0.2) is 23.5 Å². The Labute approximate surface area is 102 Å². The number of nitrogens with zero attached hydrogens (tertiary/aromatic N) is 1. The molecule has 0 fully saturated rings. The lowest BCUT2D eigenvalue weighted by atomic mass is 10.2. The molecule has 0 saturated carbocycles. The Morgan fingerprint density at radius 1 is 1.56 bits per heavy atom. The zero-order chi connectivity index (χ0) is 11.8. The van der Waals surface area contributed by atoms with Gasteiger partial charge in [0.1, 0.15) is 0 Å². The molecule has 0 amide bonds. The van der Waals surface area contributed by atoms with E-state index in [1.54, 1.807) is 6.20 Å². The van der Waals surface area contributed by atoms with Gasteiger partial charge in [-0.05, 0) is 38.8 Å². The van der Waals surface area contributed by atoms with Gasteiger partial charge in [0.15, 0.2) is 11.6 Å². The summed E-state index contributed by atoms with van der Waals surface area (Å²) in [6, 6.07) is 4.15. The number of hydrogen-bond donors (Lipinski definition) is 1. The van der Waals surface area contributed by atoms with Crippen LogP contribution in [0.25, 0.3) is 0 Å². The third kappa shape index (κ3) is 4.27. The smallest absolute Gasteiger partial charge is 0.168 e. The van der Waals surface area contributed by atoms with E-state index < -0.39 is 0 Å². The van der Waals surface area contributed by atoms with Crippen LogP contribution in [0.5, 0.6) is 5.75 Å². The molecule has 0 spiro atoms. The molecule has 1 N–H and O–H groups in total. The van der Waals surface area contributed by atoms with Crippen LogP contribution in [0, 0.1) is 0 Å². The molecule has 3 nitrogen and oxygen atoms in total. The van der Waals surface area contributed by atoms with Crippen molar-refractivity contribution in [3.8, 4) is 5.75 Å². The fourth-order valence-corrected chi connectivity index (χ4v) is 1.61. The van der Waals surface area contributed by atoms with Crippen LogP contribution in [0.15, 0.2) is 18.3 Å². The van der Waals surface area contributed by atoms with Gasteiger partial charge in [-0.3, -0.25) is 0 Å². The molecule has 0 aromatic carbocycles. The van der Waals surface area contributed by atoms with E-state index in [0.717, 1.165) is 24.4 Å². The molecule has 4 heteroatoms. The van der Waals surface area contributed by atoms with Crippen LogP contribution in [-0.2, 0) is 0 Å². The highest BCUT2D eigenvalue weighted by Gasteiger charge is 2.07. The summed E-state index contributed by atoms with van der Waals surface area (Å²) in [4.78, 5) is 4.28. The lowest BCUT2D eigenvalue weighted by Crippen LogP contribution is -2.16. The van der Waals surface area contributed by atoms with Crippen LogP contribution in [0.2, 0.25) is 0 Å². The van der Waals surface area contributed by atoms with Crippen LogP contribution in [0.1, 0.15) is 26.7 Å². The second kappa shape index (κ2) is 7.34. The van der Waals surface area contributed by atoms with E-state index in [1.165, 1.54) is 0 Å². The standard InChI is InChI=1S/C12H19ClN2O/c1-3-16-11-7-5-9-14-12(11)15-10(2)6-4-8-13/h5,7,9-10H,3-4,6,8H2,1-2H3,(H,14,15). The van der Waals surface area contributed by atoms with E-state index in [1.807, 2.05) is 19.1 Å². The highest BCUT2D eigenvalue weighted by atomic mass is 35.5. The van der Waals surface area contributed by atoms with Gasteiger partial charge < -0.3 is 10.1 Å². The zero-order valence-electron chi connectivity index (χ0n) is 9.87. The van der Waals surface area contributed by atoms with Crippen molar-refractivity contribution in [1.82, 2.24) is 4.98 Å². The topological polar surface area (TPSA) is 34.1 Å². The second-order valence-electron chi connectivity index (χ2n) is 3.66. The SMILES string of the molecule is CCOc1cccnc1NC(C)CCCCl. The molecule has 1 unspecified atom stereocenters. The summed E-state index contributed by atoms with van der Waals surface area (Å²) in [6.07, 6.45) is 3.80. The number of ether oxygens (including phenoxy) is 1. The molecule has 1 heterocycles. The number of alkyl halides is 1. The van der Waals surface area contributed by atoms with Crippen molar-refractivity contribution in [3.05, 3.63) is 18.3 Å². The number of rotatable bonds is 7. The Morgan fingerprint density at radius 3 is 3.06 bits per heavy atom. The van der Waals surface area contributed by atoms with Crippen molar-refractivity contribution in [3.63, 3.8) is 0 Å². The highest BCUT2D eigenvalue weighted by molar-refractivity contribution is 6.17. The van der Waals surface area contributed by atoms with E-state index in [4.69, 9.17) is 16.3 Å². The van der Waals surface area contributed by atoms with Gasteiger partial charge in [-0.15, -0.1) is 11.6 Å². The summed E-state index contributed by atoms with van der Waals surface area (Å²) in [7, 11) is 0. The van der Waals surface area contributed by atoms with Gasteiger partial charge in [0.05, 0.1) is 6.61 Å². The van der Waals surface area contributed by atoms with Crippen molar-refractivity contribution < 1.29 is 4.74 Å². The summed E-state index contributed by atoms with van der Waals surface area (Å²) in [6.45, 7) is 4.74. The fraction of sp³-hybridized carbons (Fsp3) is 0.583. The minimum Gasteiger partial charge on any atom is -0.490 e. The maximum absolute atomic E-state index is 5.66. The number of hydrogen-bond acceptors (Lipinski definition) is 3. The first-order valence-electron chi connectivity index (χ1n) is 5.68. The maximum Gasteiger partial charge on any atom is 0.168 e. The molecule has 0 aliphatic rings. The quantitative estimate of drug-likeness (QED) is 0.745. The number of halogens is 1. The van der Waals surface area contributed by atoms with Gasteiger partial charge in [-0.1, -0.05) is 0 Å². The van der Waals surface area contributed by atoms with Gasteiger partial charge in [0, 0.05) is 18.1 Å². The molecule has 1 atom stereocenters. The molecule has 1 aromatic rings. The maximum atomic E-state index is 5.66. The first-order valence-corrected chi connectivity index (χ1v) is 6.21. The van der Waals surface area contributed by atoms with E-state index in [0.29, 0.717) is 18.5 Å². The third-order valence-electron chi connectivity index (χ3n) is 2.22. The van der Waals surface area contributed by atoms with Gasteiger partial charge in [-0.25, -0.2) is 4.98 Å². The first kappa shape index (κ1) is 13.1. The number of pyridine rings is 1. The zero-order valence-corrected chi connectivity index (χ0v) is 10.6. The summed E-state index contributed by atoms with van der Waals surface area (Å²) >= 11 is 5.66. The second-order valence-corrected chi connectivity index (χ2v) is 4.04. The first-order chi connectivity index (χ1) is 7.77. The van der Waals surface area contributed by atoms with E-state index in [-0.39, 0.29) is 0 Å². The van der Waals surface area contributed by atoms with Gasteiger partial charge in [0.2, 0.25) is 0 Å². The lowest BCUT2D eigenvalue weighted by Gasteiger charge is -2.16. The predicted octanol–water partition coefficient (Wildman–Crippen LogP) is 3.30. The molecular weight excluding hydrogens is 224 g/mol. The summed E-state index contributed by atoms with van der Waals surface area (Å²) in [5.41, 5.74) is 0. The Hall–Kier alpha value is -0.960. The van der Waals surface area contributed by atoms with Crippen LogP contribution in [0.4, 0.5) is 5.82 Å². The normalized spacial score (nSPS) is 12.2. The average Bonchev–Trinajstić information content (AvgIpc) is 2.29. The van der Waals surface area contributed by atoms with Crippen molar-refractivity contribution in [2.75, 3.05) is 17.8 Å². The molecule has 90 valence electrons. The van der Waals surface area contributed by atoms with Crippen LogP contribution < -0.4 is 10.1 Å². The average molecular weight is 243 g/mol. The Bertz CT molecular complexity index is 307. The minimum atomic E-state index is 0.354. The Morgan fingerprint density at radius 2 is 2.38 bits per heavy atom. The van der Waals surface area contributed by atoms with E-state index in [9.17, 15) is 0 Å². The van der Waals surface area contributed by atoms with E-state index in [2.05, 4.69) is 17.2 Å². The number of aromatic nitrogens is 1. The molecule has 1 aromatic heterocycles. The lowest BCUT2D eigenvalue weighted by molar-refractivity contribution is 0.340. The third-order valence-corrected chi connectivity index (χ3v) is 2.49. The molecule has 1 rings (SSSR count). The molecular formula is C12H19ClN2O. The largest absolute Gasteiger partial charge is 0.490 e. The van der Waals surface area contributed by atoms with Crippen LogP contribution in [0.3, 0.4) is 0 Å². The highest BCUT2D eigenvalue weighted by Crippen LogP contribution is 2.22. The monoisotopic (exact) mass is 242 g/mol. The summed E-state index contributed by atoms with van der Waals surface area (Å²) in [5.74, 6) is 2.32. The number of anilines is 1. The van der Waals surface area contributed by atoms with Gasteiger partial charge in [0.25, 0.3) is 0 Å². The molecule has 0 radical (unpaired) electrons. The van der Waals surface area contributed by atoms with Gasteiger partial charge in [-0.2, -0.15) is 0 Å². The summed E-state index contributed by atoms with van der Waals surface area (Å²) < 4.78 is 5.49. The fourth-order valence-electron chi connectivity index (χ4n) is 1.46. The molecule has 0 bridgehead atoms. The minimum absolute atomic E-state index is 0.354. The molecule has 0 aliphatic heterocycles. The van der Waals surface area contributed by atoms with Crippen molar-refractivity contribution in [2.45, 2.75) is 32.7 Å². The van der Waals surface area contributed by atoms with E-state index >= 15 is 0 Å². The van der Waals surface area contributed by atoms with Crippen molar-refractivity contribution in [1.29, 1.82) is 0 Å². The van der Waals surface area contributed by atoms with Crippen molar-refractivity contribution >= 4 is 17.4 Å². The molecule has 16 heavy (non-hydrogen) atoms.